The number of carboxylic acid groups (broad SMARTS) is 1. The molecule has 0 radical (unpaired) electrons. The molecule has 0 aliphatic rings. The van der Waals surface area contributed by atoms with E-state index in [9.17, 15) is 4.79 Å². The number of carboxylic acids is 1. The zero-order chi connectivity index (χ0) is 9.28. The van der Waals surface area contributed by atoms with Crippen LogP contribution in [0.5, 0.6) is 0 Å². The molecule has 0 atom stereocenters. The Labute approximate surface area is 67.0 Å². The zero-order valence-corrected chi connectivity index (χ0v) is 7.13. The van der Waals surface area contributed by atoms with Gasteiger partial charge in [-0.3, -0.25) is 0 Å². The summed E-state index contributed by atoms with van der Waals surface area (Å²) in [7, 11) is 1.62. The van der Waals surface area contributed by atoms with Crippen LogP contribution in [0.4, 0.5) is 0 Å². The largest absolute Gasteiger partial charge is 0.505 e. The summed E-state index contributed by atoms with van der Waals surface area (Å²) in [5, 5.41) is 7.89. The van der Waals surface area contributed by atoms with Gasteiger partial charge in [-0.25, -0.2) is 4.79 Å². The third-order valence-corrected chi connectivity index (χ3v) is 0.637. The average Bonchev–Trinajstić information content (AvgIpc) is 1.90. The molecule has 0 aliphatic heterocycles. The minimum Gasteiger partial charge on any atom is -0.505 e. The van der Waals surface area contributed by atoms with E-state index in [0.717, 1.165) is 0 Å². The molecule has 0 unspecified atom stereocenters. The first kappa shape index (κ1) is 12.4. The molecule has 0 amide bonds. The van der Waals surface area contributed by atoms with Crippen LogP contribution >= 0.6 is 0 Å². The highest BCUT2D eigenvalue weighted by Crippen LogP contribution is 1.81. The van der Waals surface area contributed by atoms with Crippen LogP contribution < -0.4 is 0 Å². The summed E-state index contributed by atoms with van der Waals surface area (Å²) in [5.41, 5.74) is 0.176. The van der Waals surface area contributed by atoms with Crippen molar-refractivity contribution in [2.45, 2.75) is 13.8 Å². The van der Waals surface area contributed by atoms with E-state index >= 15 is 0 Å². The van der Waals surface area contributed by atoms with Gasteiger partial charge in [0.05, 0.1) is 13.4 Å². The van der Waals surface area contributed by atoms with Gasteiger partial charge in [0.1, 0.15) is 0 Å². The lowest BCUT2D eigenvalue weighted by Crippen LogP contribution is -1.92. The number of ether oxygens (including phenoxy) is 1. The Balaban J connectivity index is 0. The van der Waals surface area contributed by atoms with Crippen molar-refractivity contribution in [3.05, 3.63) is 24.5 Å². The lowest BCUT2D eigenvalue weighted by atomic mass is 10.4. The second-order valence-corrected chi connectivity index (χ2v) is 1.79. The molecule has 0 spiro atoms. The smallest absolute Gasteiger partial charge is 0.330 e. The fourth-order valence-electron chi connectivity index (χ4n) is 0.136. The Morgan fingerprint density at radius 3 is 2.00 bits per heavy atom. The second kappa shape index (κ2) is 8.75. The van der Waals surface area contributed by atoms with Gasteiger partial charge < -0.3 is 9.84 Å². The van der Waals surface area contributed by atoms with E-state index in [0.29, 0.717) is 0 Å². The van der Waals surface area contributed by atoms with E-state index in [1.807, 2.05) is 13.0 Å². The molecule has 0 rings (SSSR count). The first-order chi connectivity index (χ1) is 5.06. The van der Waals surface area contributed by atoms with Crippen molar-refractivity contribution in [2.24, 2.45) is 0 Å². The molecular formula is C8H14O3. The molecule has 0 heterocycles. The Morgan fingerprint density at radius 1 is 1.64 bits per heavy atom. The highest BCUT2D eigenvalue weighted by molar-refractivity contribution is 5.84. The maximum absolute atomic E-state index is 9.60. The van der Waals surface area contributed by atoms with Gasteiger partial charge in [-0.05, 0) is 13.8 Å². The minimum atomic E-state index is -0.935. The average molecular weight is 158 g/mol. The number of allylic oxidation sites excluding steroid dienone is 1. The normalized spacial score (nSPS) is 8.27. The fraction of sp³-hybridized carbons (Fsp3) is 0.375. The molecule has 3 heteroatoms. The fourth-order valence-corrected chi connectivity index (χ4v) is 0.136. The third-order valence-electron chi connectivity index (χ3n) is 0.637. The molecule has 0 saturated carbocycles. The van der Waals surface area contributed by atoms with Crippen molar-refractivity contribution < 1.29 is 14.6 Å². The second-order valence-electron chi connectivity index (χ2n) is 1.79. The van der Waals surface area contributed by atoms with Crippen LogP contribution in [-0.2, 0) is 9.53 Å². The first-order valence-corrected chi connectivity index (χ1v) is 3.09. The Bertz CT molecular complexity index is 135. The standard InChI is InChI=1S/C4H6O2.C4H8O/c1-3(2)4(5)6;1-3-4-5-2/h1H2,2H3,(H,5,6);3-4H,1-2H3. The Morgan fingerprint density at radius 2 is 2.00 bits per heavy atom. The van der Waals surface area contributed by atoms with E-state index in [4.69, 9.17) is 5.11 Å². The summed E-state index contributed by atoms with van der Waals surface area (Å²) in [6.07, 6.45) is 3.46. The van der Waals surface area contributed by atoms with Crippen molar-refractivity contribution in [3.63, 3.8) is 0 Å². The van der Waals surface area contributed by atoms with Crippen molar-refractivity contribution >= 4 is 5.97 Å². The molecule has 3 nitrogen and oxygen atoms in total. The molecule has 11 heavy (non-hydrogen) atoms. The molecule has 0 aromatic carbocycles. The molecule has 0 fully saturated rings. The van der Waals surface area contributed by atoms with Crippen molar-refractivity contribution in [2.75, 3.05) is 7.11 Å². The van der Waals surface area contributed by atoms with Gasteiger partial charge in [-0.2, -0.15) is 0 Å². The van der Waals surface area contributed by atoms with E-state index < -0.39 is 5.97 Å². The van der Waals surface area contributed by atoms with Crippen molar-refractivity contribution in [1.29, 1.82) is 0 Å². The van der Waals surface area contributed by atoms with E-state index in [1.54, 1.807) is 13.4 Å². The van der Waals surface area contributed by atoms with Crippen LogP contribution in [-0.4, -0.2) is 18.2 Å². The number of aliphatic carboxylic acids is 1. The molecule has 0 aliphatic carbocycles. The number of rotatable bonds is 2. The third kappa shape index (κ3) is 17.7. The maximum Gasteiger partial charge on any atom is 0.330 e. The van der Waals surface area contributed by atoms with Crippen LogP contribution in [0, 0.1) is 0 Å². The SMILES string of the molecule is C=C(C)C(=O)O.CC=COC. The summed E-state index contributed by atoms with van der Waals surface area (Å²) < 4.78 is 4.51. The van der Waals surface area contributed by atoms with Gasteiger partial charge >= 0.3 is 5.97 Å². The summed E-state index contributed by atoms with van der Waals surface area (Å²) in [4.78, 5) is 9.60. The van der Waals surface area contributed by atoms with Crippen LogP contribution in [0.15, 0.2) is 24.5 Å². The maximum atomic E-state index is 9.60. The number of methoxy groups -OCH3 is 1. The minimum absolute atomic E-state index is 0.176. The van der Waals surface area contributed by atoms with Gasteiger partial charge in [0.15, 0.2) is 0 Å². The lowest BCUT2D eigenvalue weighted by Gasteiger charge is -1.79. The highest BCUT2D eigenvalue weighted by atomic mass is 16.5. The highest BCUT2D eigenvalue weighted by Gasteiger charge is 1.90. The topological polar surface area (TPSA) is 46.5 Å². The molecular weight excluding hydrogens is 144 g/mol. The Hall–Kier alpha value is -1.25. The van der Waals surface area contributed by atoms with E-state index in [2.05, 4.69) is 11.3 Å². The predicted octanol–water partition coefficient (Wildman–Crippen LogP) is 1.81. The van der Waals surface area contributed by atoms with Gasteiger partial charge in [-0.1, -0.05) is 12.7 Å². The lowest BCUT2D eigenvalue weighted by molar-refractivity contribution is -0.132. The number of hydrogen-bond acceptors (Lipinski definition) is 2. The molecule has 0 aromatic rings. The monoisotopic (exact) mass is 158 g/mol. The molecule has 0 aromatic heterocycles. The molecule has 0 bridgehead atoms. The zero-order valence-electron chi connectivity index (χ0n) is 7.13. The van der Waals surface area contributed by atoms with Gasteiger partial charge in [0.2, 0.25) is 0 Å². The molecule has 64 valence electrons. The van der Waals surface area contributed by atoms with Crippen LogP contribution in [0.1, 0.15) is 13.8 Å². The summed E-state index contributed by atoms with van der Waals surface area (Å²) in [6.45, 7) is 6.51. The van der Waals surface area contributed by atoms with Crippen molar-refractivity contribution in [1.82, 2.24) is 0 Å². The van der Waals surface area contributed by atoms with Gasteiger partial charge in [-0.15, -0.1) is 0 Å². The number of hydrogen-bond donors (Lipinski definition) is 1. The number of carbonyl (C=O) groups is 1. The summed E-state index contributed by atoms with van der Waals surface area (Å²) in [5.74, 6) is -0.935. The predicted molar refractivity (Wildman–Crippen MR) is 44.3 cm³/mol. The van der Waals surface area contributed by atoms with E-state index in [1.165, 1.54) is 6.92 Å². The molecule has 0 saturated heterocycles. The first-order valence-electron chi connectivity index (χ1n) is 3.09. The van der Waals surface area contributed by atoms with Crippen LogP contribution in [0.25, 0.3) is 0 Å². The van der Waals surface area contributed by atoms with E-state index in [-0.39, 0.29) is 5.57 Å². The summed E-state index contributed by atoms with van der Waals surface area (Å²) in [6, 6.07) is 0. The molecule has 1 N–H and O–H groups in total. The van der Waals surface area contributed by atoms with Gasteiger partial charge in [0, 0.05) is 5.57 Å². The van der Waals surface area contributed by atoms with Gasteiger partial charge in [0.25, 0.3) is 0 Å². The van der Waals surface area contributed by atoms with Crippen molar-refractivity contribution in [3.8, 4) is 0 Å². The quantitative estimate of drug-likeness (QED) is 0.492. The van der Waals surface area contributed by atoms with Crippen LogP contribution in [0.3, 0.4) is 0 Å². The summed E-state index contributed by atoms with van der Waals surface area (Å²) >= 11 is 0. The van der Waals surface area contributed by atoms with Crippen LogP contribution in [0.2, 0.25) is 0 Å². The Kier molecular flexibility index (Phi) is 9.89.